The predicted molar refractivity (Wildman–Crippen MR) is 87.5 cm³/mol. The van der Waals surface area contributed by atoms with Crippen LogP contribution in [0.2, 0.25) is 0 Å². The van der Waals surface area contributed by atoms with Gasteiger partial charge in [0.2, 0.25) is 0 Å². The van der Waals surface area contributed by atoms with E-state index in [-0.39, 0.29) is 11.6 Å². The molecule has 1 saturated carbocycles. The Kier molecular flexibility index (Phi) is 4.00. The molecule has 1 aromatic carbocycles. The largest absolute Gasteiger partial charge is 0.487 e. The molecular formula is C19H29NO. The van der Waals surface area contributed by atoms with Crippen LogP contribution >= 0.6 is 0 Å². The minimum absolute atomic E-state index is 0.000514. The van der Waals surface area contributed by atoms with Crippen molar-refractivity contribution in [2.24, 2.45) is 17.6 Å². The first-order chi connectivity index (χ1) is 9.97. The molecule has 1 aromatic rings. The average Bonchev–Trinajstić information content (AvgIpc) is 2.39. The molecule has 0 bridgehead atoms. The Morgan fingerprint density at radius 2 is 2.14 bits per heavy atom. The second-order valence-electron chi connectivity index (χ2n) is 7.73. The number of benzene rings is 1. The van der Waals surface area contributed by atoms with Gasteiger partial charge in [-0.2, -0.15) is 0 Å². The fourth-order valence-corrected chi connectivity index (χ4v) is 4.43. The maximum Gasteiger partial charge on any atom is 0.124 e. The van der Waals surface area contributed by atoms with Crippen molar-refractivity contribution >= 4 is 0 Å². The van der Waals surface area contributed by atoms with Crippen molar-refractivity contribution in [3.05, 3.63) is 29.3 Å². The van der Waals surface area contributed by atoms with Crippen molar-refractivity contribution in [1.82, 2.24) is 0 Å². The van der Waals surface area contributed by atoms with E-state index in [0.717, 1.165) is 24.0 Å². The number of rotatable bonds is 2. The third-order valence-corrected chi connectivity index (χ3v) is 5.19. The Morgan fingerprint density at radius 3 is 2.90 bits per heavy atom. The number of nitrogens with two attached hydrogens (primary N) is 1. The van der Waals surface area contributed by atoms with E-state index in [1.807, 2.05) is 0 Å². The van der Waals surface area contributed by atoms with Crippen LogP contribution in [0.25, 0.3) is 0 Å². The normalized spacial score (nSPS) is 32.0. The van der Waals surface area contributed by atoms with E-state index in [1.165, 1.54) is 43.2 Å². The molecule has 1 fully saturated rings. The van der Waals surface area contributed by atoms with Crippen LogP contribution in [0, 0.1) is 18.8 Å². The van der Waals surface area contributed by atoms with Gasteiger partial charge in [-0.25, -0.2) is 0 Å². The summed E-state index contributed by atoms with van der Waals surface area (Å²) >= 11 is 0. The molecule has 2 aliphatic rings. The van der Waals surface area contributed by atoms with E-state index in [1.54, 1.807) is 0 Å². The first-order valence-electron chi connectivity index (χ1n) is 8.52. The van der Waals surface area contributed by atoms with Gasteiger partial charge in [0.05, 0.1) is 0 Å². The van der Waals surface area contributed by atoms with Gasteiger partial charge in [-0.1, -0.05) is 38.0 Å². The van der Waals surface area contributed by atoms with Crippen molar-refractivity contribution in [2.45, 2.75) is 70.9 Å². The molecule has 3 unspecified atom stereocenters. The van der Waals surface area contributed by atoms with Crippen LogP contribution in [0.3, 0.4) is 0 Å². The highest BCUT2D eigenvalue weighted by atomic mass is 16.5. The van der Waals surface area contributed by atoms with Crippen molar-refractivity contribution in [3.8, 4) is 5.75 Å². The molecule has 21 heavy (non-hydrogen) atoms. The van der Waals surface area contributed by atoms with Crippen LogP contribution in [-0.4, -0.2) is 5.60 Å². The molecule has 2 heteroatoms. The topological polar surface area (TPSA) is 35.2 Å². The molecule has 1 spiro atoms. The summed E-state index contributed by atoms with van der Waals surface area (Å²) in [6.45, 7) is 6.77. The number of ether oxygens (including phenoxy) is 1. The fraction of sp³-hybridized carbons (Fsp3) is 0.684. The van der Waals surface area contributed by atoms with E-state index >= 15 is 0 Å². The predicted octanol–water partition coefficient (Wildman–Crippen LogP) is 4.75. The summed E-state index contributed by atoms with van der Waals surface area (Å²) < 4.78 is 6.52. The van der Waals surface area contributed by atoms with Crippen molar-refractivity contribution in [2.75, 3.05) is 0 Å². The number of hydrogen-bond donors (Lipinski definition) is 1. The number of hydrogen-bond acceptors (Lipinski definition) is 2. The zero-order chi connectivity index (χ0) is 15.0. The molecule has 0 radical (unpaired) electrons. The summed E-state index contributed by atoms with van der Waals surface area (Å²) in [5.41, 5.74) is 8.96. The maximum absolute atomic E-state index is 6.52. The molecule has 3 rings (SSSR count). The van der Waals surface area contributed by atoms with Crippen LogP contribution in [0.4, 0.5) is 0 Å². The zero-order valence-electron chi connectivity index (χ0n) is 13.7. The van der Waals surface area contributed by atoms with Crippen molar-refractivity contribution < 1.29 is 4.74 Å². The molecule has 1 aliphatic heterocycles. The third kappa shape index (κ3) is 3.11. The first kappa shape index (κ1) is 14.9. The number of fused-ring (bicyclic) bond motifs is 1. The van der Waals surface area contributed by atoms with E-state index in [0.29, 0.717) is 0 Å². The van der Waals surface area contributed by atoms with Crippen LogP contribution in [-0.2, 0) is 0 Å². The Hall–Kier alpha value is -1.02. The van der Waals surface area contributed by atoms with Crippen LogP contribution in [0.5, 0.6) is 5.75 Å². The number of aryl methyl sites for hydroxylation is 1. The average molecular weight is 287 g/mol. The van der Waals surface area contributed by atoms with Crippen LogP contribution in [0.1, 0.15) is 69.5 Å². The Balaban J connectivity index is 1.82. The highest BCUT2D eigenvalue weighted by molar-refractivity contribution is 5.41. The molecule has 1 aliphatic carbocycles. The molecular weight excluding hydrogens is 258 g/mol. The fourth-order valence-electron chi connectivity index (χ4n) is 4.43. The lowest BCUT2D eigenvalue weighted by Crippen LogP contribution is -2.46. The highest BCUT2D eigenvalue weighted by Crippen LogP contribution is 2.47. The van der Waals surface area contributed by atoms with Gasteiger partial charge < -0.3 is 10.5 Å². The molecule has 2 nitrogen and oxygen atoms in total. The van der Waals surface area contributed by atoms with Gasteiger partial charge in [0, 0.05) is 18.0 Å². The minimum Gasteiger partial charge on any atom is -0.487 e. The second kappa shape index (κ2) is 5.64. The SMILES string of the molecule is Cc1ccc2c(c1)C(N)CC1(CCCC(CC(C)C)C1)O2. The summed E-state index contributed by atoms with van der Waals surface area (Å²) in [6.07, 6.45) is 7.30. The molecule has 0 amide bonds. The Bertz CT molecular complexity index is 510. The van der Waals surface area contributed by atoms with E-state index in [4.69, 9.17) is 10.5 Å². The van der Waals surface area contributed by atoms with Gasteiger partial charge in [-0.15, -0.1) is 0 Å². The second-order valence-corrected chi connectivity index (χ2v) is 7.73. The van der Waals surface area contributed by atoms with Crippen LogP contribution < -0.4 is 10.5 Å². The summed E-state index contributed by atoms with van der Waals surface area (Å²) in [6, 6.07) is 6.59. The maximum atomic E-state index is 6.52. The van der Waals surface area contributed by atoms with Crippen LogP contribution in [0.15, 0.2) is 18.2 Å². The monoisotopic (exact) mass is 287 g/mol. The molecule has 2 N–H and O–H groups in total. The van der Waals surface area contributed by atoms with Gasteiger partial charge in [0.15, 0.2) is 0 Å². The molecule has 3 atom stereocenters. The summed E-state index contributed by atoms with van der Waals surface area (Å²) in [5, 5.41) is 0. The van der Waals surface area contributed by atoms with E-state index < -0.39 is 0 Å². The van der Waals surface area contributed by atoms with E-state index in [2.05, 4.69) is 39.0 Å². The lowest BCUT2D eigenvalue weighted by Gasteiger charge is -2.46. The summed E-state index contributed by atoms with van der Waals surface area (Å²) in [7, 11) is 0. The van der Waals surface area contributed by atoms with Crippen molar-refractivity contribution in [1.29, 1.82) is 0 Å². The summed E-state index contributed by atoms with van der Waals surface area (Å²) in [5.74, 6) is 2.61. The standard InChI is InChI=1S/C19H29NO/c1-13(2)9-15-5-4-8-19(11-15)12-17(20)16-10-14(3)6-7-18(16)21-19/h6-7,10,13,15,17H,4-5,8-9,11-12,20H2,1-3H3. The minimum atomic E-state index is -0.000514. The van der Waals surface area contributed by atoms with Gasteiger partial charge in [0.1, 0.15) is 11.4 Å². The molecule has 0 saturated heterocycles. The van der Waals surface area contributed by atoms with Gasteiger partial charge in [0.25, 0.3) is 0 Å². The molecule has 116 valence electrons. The molecule has 1 heterocycles. The first-order valence-corrected chi connectivity index (χ1v) is 8.52. The lowest BCUT2D eigenvalue weighted by molar-refractivity contribution is -0.0201. The smallest absolute Gasteiger partial charge is 0.124 e. The Morgan fingerprint density at radius 1 is 1.33 bits per heavy atom. The van der Waals surface area contributed by atoms with Gasteiger partial charge in [-0.3, -0.25) is 0 Å². The Labute approximate surface area is 129 Å². The van der Waals surface area contributed by atoms with E-state index in [9.17, 15) is 0 Å². The molecule has 0 aromatic heterocycles. The van der Waals surface area contributed by atoms with Crippen molar-refractivity contribution in [3.63, 3.8) is 0 Å². The zero-order valence-corrected chi connectivity index (χ0v) is 13.7. The summed E-state index contributed by atoms with van der Waals surface area (Å²) in [4.78, 5) is 0. The highest BCUT2D eigenvalue weighted by Gasteiger charge is 2.43. The van der Waals surface area contributed by atoms with Gasteiger partial charge in [-0.05, 0) is 50.5 Å². The third-order valence-electron chi connectivity index (χ3n) is 5.19. The van der Waals surface area contributed by atoms with Gasteiger partial charge >= 0.3 is 0 Å². The quantitative estimate of drug-likeness (QED) is 0.851. The lowest BCUT2D eigenvalue weighted by atomic mass is 9.71.